The minimum atomic E-state index is -0.351. The molecule has 20 heavy (non-hydrogen) atoms. The largest absolute Gasteiger partial charge is 0.472 e. The predicted octanol–water partition coefficient (Wildman–Crippen LogP) is 2.55. The van der Waals surface area contributed by atoms with E-state index in [2.05, 4.69) is 31.3 Å². The third-order valence-electron chi connectivity index (χ3n) is 2.77. The number of rotatable bonds is 4. The molecule has 1 fully saturated rings. The van der Waals surface area contributed by atoms with E-state index in [-0.39, 0.29) is 18.8 Å². The number of hydrogen-bond donors (Lipinski definition) is 0. The van der Waals surface area contributed by atoms with Gasteiger partial charge in [0.25, 0.3) is 0 Å². The van der Waals surface area contributed by atoms with Crippen LogP contribution in [0.1, 0.15) is 0 Å². The molecular weight excluding hydrogens is 393 g/mol. The van der Waals surface area contributed by atoms with Crippen LogP contribution in [-0.2, 0) is 4.74 Å². The van der Waals surface area contributed by atoms with Crippen molar-refractivity contribution >= 4 is 46.1 Å². The van der Waals surface area contributed by atoms with Crippen molar-refractivity contribution in [1.29, 1.82) is 0 Å². The zero-order valence-electron chi connectivity index (χ0n) is 10.2. The number of benzene rings is 1. The van der Waals surface area contributed by atoms with E-state index in [9.17, 15) is 4.79 Å². The van der Waals surface area contributed by atoms with E-state index < -0.39 is 0 Å². The Morgan fingerprint density at radius 1 is 1.45 bits per heavy atom. The highest BCUT2D eigenvalue weighted by Gasteiger charge is 2.32. The fourth-order valence-corrected chi connectivity index (χ4v) is 2.56. The predicted molar refractivity (Wildman–Crippen MR) is 82.2 cm³/mol. The molecule has 0 N–H and O–H groups in total. The Morgan fingerprint density at radius 3 is 2.95 bits per heavy atom. The number of halogens is 1. The Morgan fingerprint density at radius 2 is 2.25 bits per heavy atom. The molecule has 8 heteroatoms. The Hall–Kier alpha value is -1.42. The molecule has 1 aromatic carbocycles. The fourth-order valence-electron chi connectivity index (χ4n) is 1.84. The normalized spacial score (nSPS) is 18.1. The number of carbonyl (C=O) groups is 1. The van der Waals surface area contributed by atoms with Crippen molar-refractivity contribution in [2.24, 2.45) is 0 Å². The number of amides is 1. The van der Waals surface area contributed by atoms with Gasteiger partial charge in [0.2, 0.25) is 5.88 Å². The molecule has 0 aliphatic carbocycles. The monoisotopic (exact) mass is 403 g/mol. The zero-order valence-corrected chi connectivity index (χ0v) is 13.2. The summed E-state index contributed by atoms with van der Waals surface area (Å²) in [6.45, 7) is 0.745. The number of ether oxygens (including phenoxy) is 2. The van der Waals surface area contributed by atoms with Crippen LogP contribution in [0.3, 0.4) is 0 Å². The molecule has 0 saturated carbocycles. The van der Waals surface area contributed by atoms with Crippen LogP contribution >= 0.6 is 34.3 Å². The maximum absolute atomic E-state index is 11.9. The Labute approximate surface area is 133 Å². The topological polar surface area (TPSA) is 64.5 Å². The zero-order chi connectivity index (χ0) is 13.9. The van der Waals surface area contributed by atoms with Crippen LogP contribution in [0.4, 0.5) is 10.5 Å². The van der Waals surface area contributed by atoms with Crippen LogP contribution in [0.5, 0.6) is 5.88 Å². The molecule has 1 unspecified atom stereocenters. The van der Waals surface area contributed by atoms with E-state index in [0.717, 1.165) is 21.0 Å². The molecule has 1 saturated heterocycles. The second-order valence-corrected chi connectivity index (χ2v) is 5.95. The van der Waals surface area contributed by atoms with Gasteiger partial charge in [-0.05, 0) is 46.9 Å². The van der Waals surface area contributed by atoms with Crippen molar-refractivity contribution in [2.75, 3.05) is 18.1 Å². The van der Waals surface area contributed by atoms with Gasteiger partial charge in [-0.25, -0.2) is 4.79 Å². The molecule has 2 heterocycles. The lowest BCUT2D eigenvalue weighted by molar-refractivity contribution is 0.103. The summed E-state index contributed by atoms with van der Waals surface area (Å²) in [5.74, 6) is 0.457. The highest BCUT2D eigenvalue weighted by Crippen LogP contribution is 2.23. The maximum Gasteiger partial charge on any atom is 0.414 e. The van der Waals surface area contributed by atoms with Gasteiger partial charge in [0, 0.05) is 9.26 Å². The van der Waals surface area contributed by atoms with Gasteiger partial charge < -0.3 is 9.47 Å². The van der Waals surface area contributed by atoms with E-state index in [1.54, 1.807) is 11.1 Å². The first-order chi connectivity index (χ1) is 9.72. The van der Waals surface area contributed by atoms with Crippen LogP contribution < -0.4 is 9.64 Å². The lowest BCUT2D eigenvalue weighted by atomic mass is 10.3. The summed E-state index contributed by atoms with van der Waals surface area (Å²) < 4.78 is 19.6. The molecule has 1 aromatic heterocycles. The first-order valence-electron chi connectivity index (χ1n) is 5.86. The smallest absolute Gasteiger partial charge is 0.414 e. The van der Waals surface area contributed by atoms with E-state index >= 15 is 0 Å². The van der Waals surface area contributed by atoms with Crippen LogP contribution in [0.15, 0.2) is 30.5 Å². The Kier molecular flexibility index (Phi) is 4.01. The van der Waals surface area contributed by atoms with Crippen molar-refractivity contribution in [3.05, 3.63) is 34.0 Å². The van der Waals surface area contributed by atoms with Crippen LogP contribution in [0, 0.1) is 3.57 Å². The first-order valence-corrected chi connectivity index (χ1v) is 7.67. The molecule has 0 spiro atoms. The molecule has 1 aliphatic heterocycles. The quantitative estimate of drug-likeness (QED) is 0.735. The van der Waals surface area contributed by atoms with E-state index in [4.69, 9.17) is 9.47 Å². The summed E-state index contributed by atoms with van der Waals surface area (Å²) in [4.78, 5) is 13.5. The molecule has 1 atom stereocenters. The summed E-state index contributed by atoms with van der Waals surface area (Å²) >= 11 is 3.30. The van der Waals surface area contributed by atoms with Crippen LogP contribution in [0.25, 0.3) is 0 Å². The minimum Gasteiger partial charge on any atom is -0.472 e. The number of carbonyl (C=O) groups excluding carboxylic acids is 1. The van der Waals surface area contributed by atoms with Crippen LogP contribution in [-0.4, -0.2) is 34.1 Å². The molecule has 104 valence electrons. The summed E-state index contributed by atoms with van der Waals surface area (Å²) in [5, 5.41) is 0. The van der Waals surface area contributed by atoms with Gasteiger partial charge in [-0.3, -0.25) is 4.90 Å². The van der Waals surface area contributed by atoms with Crippen LogP contribution in [0.2, 0.25) is 0 Å². The molecule has 2 aromatic rings. The number of nitrogens with zero attached hydrogens (tertiary/aromatic N) is 3. The van der Waals surface area contributed by atoms with Crippen molar-refractivity contribution in [1.82, 2.24) is 8.75 Å². The van der Waals surface area contributed by atoms with Gasteiger partial charge in [0.1, 0.15) is 12.8 Å². The summed E-state index contributed by atoms with van der Waals surface area (Å²) in [6, 6.07) is 7.70. The van der Waals surface area contributed by atoms with Gasteiger partial charge in [0.05, 0.1) is 18.3 Å². The number of aromatic nitrogens is 2. The SMILES string of the molecule is O=C1OC(COc2cnsn2)CN1c1ccc(I)cc1. The second-order valence-electron chi connectivity index (χ2n) is 4.15. The molecule has 0 bridgehead atoms. The van der Waals surface area contributed by atoms with Gasteiger partial charge in [-0.1, -0.05) is 0 Å². The molecule has 1 aliphatic rings. The minimum absolute atomic E-state index is 0.276. The Balaban J connectivity index is 1.61. The maximum atomic E-state index is 11.9. The highest BCUT2D eigenvalue weighted by molar-refractivity contribution is 14.1. The van der Waals surface area contributed by atoms with E-state index in [0.29, 0.717) is 12.4 Å². The average molecular weight is 403 g/mol. The first kappa shape index (κ1) is 13.6. The molecule has 1 amide bonds. The third-order valence-corrected chi connectivity index (χ3v) is 3.95. The molecular formula is C12H10IN3O3S. The highest BCUT2D eigenvalue weighted by atomic mass is 127. The second kappa shape index (κ2) is 5.92. The number of hydrogen-bond acceptors (Lipinski definition) is 6. The summed E-state index contributed by atoms with van der Waals surface area (Å²) in [6.07, 6.45) is 0.887. The van der Waals surface area contributed by atoms with Crippen molar-refractivity contribution < 1.29 is 14.3 Å². The molecule has 0 radical (unpaired) electrons. The van der Waals surface area contributed by atoms with Crippen molar-refractivity contribution in [3.8, 4) is 5.88 Å². The fraction of sp³-hybridized carbons (Fsp3) is 0.250. The van der Waals surface area contributed by atoms with Gasteiger partial charge in [-0.2, -0.15) is 4.37 Å². The lowest BCUT2D eigenvalue weighted by Crippen LogP contribution is -2.26. The van der Waals surface area contributed by atoms with E-state index in [1.165, 1.54) is 0 Å². The number of anilines is 1. The van der Waals surface area contributed by atoms with Crippen molar-refractivity contribution in [2.45, 2.75) is 6.10 Å². The average Bonchev–Trinajstić information content (AvgIpc) is 3.07. The van der Waals surface area contributed by atoms with Gasteiger partial charge >= 0.3 is 6.09 Å². The summed E-state index contributed by atoms with van der Waals surface area (Å²) in [7, 11) is 0. The molecule has 6 nitrogen and oxygen atoms in total. The Bertz CT molecular complexity index is 591. The standard InChI is InChI=1S/C12H10IN3O3S/c13-8-1-3-9(4-2-8)16-6-10(19-12(16)17)7-18-11-5-14-20-15-11/h1-5,10H,6-7H2. The van der Waals surface area contributed by atoms with Crippen molar-refractivity contribution in [3.63, 3.8) is 0 Å². The lowest BCUT2D eigenvalue weighted by Gasteiger charge is -2.12. The van der Waals surface area contributed by atoms with Gasteiger partial charge in [0.15, 0.2) is 6.10 Å². The molecule has 3 rings (SSSR count). The summed E-state index contributed by atoms with van der Waals surface area (Å²) in [5.41, 5.74) is 0.827. The third kappa shape index (κ3) is 3.01. The van der Waals surface area contributed by atoms with E-state index in [1.807, 2.05) is 24.3 Å². The number of cyclic esters (lactones) is 1. The van der Waals surface area contributed by atoms with Gasteiger partial charge in [-0.15, -0.1) is 4.37 Å².